The molecule has 0 aromatic heterocycles. The molecule has 110 valence electrons. The number of aliphatic hydroxyl groups is 1. The second kappa shape index (κ2) is 7.91. The van der Waals surface area contributed by atoms with Gasteiger partial charge in [-0.2, -0.15) is 0 Å². The van der Waals surface area contributed by atoms with Crippen LogP contribution >= 0.6 is 0 Å². The first-order valence-corrected chi connectivity index (χ1v) is 6.44. The molecule has 0 fully saturated rings. The van der Waals surface area contributed by atoms with E-state index in [1.807, 2.05) is 6.07 Å². The van der Waals surface area contributed by atoms with Crippen LogP contribution in [0.1, 0.15) is 29.8 Å². The van der Waals surface area contributed by atoms with Crippen LogP contribution in [0.3, 0.4) is 0 Å². The Hall–Kier alpha value is -2.53. The summed E-state index contributed by atoms with van der Waals surface area (Å²) in [4.78, 5) is 21.9. The van der Waals surface area contributed by atoms with Crippen molar-refractivity contribution in [2.75, 3.05) is 0 Å². The molecule has 0 unspecified atom stereocenters. The zero-order chi connectivity index (χ0) is 15.8. The molecule has 0 atom stereocenters. The first-order chi connectivity index (χ1) is 9.91. The van der Waals surface area contributed by atoms with E-state index in [0.717, 1.165) is 0 Å². The lowest BCUT2D eigenvalue weighted by Gasteiger charge is -2.00. The predicted molar refractivity (Wildman–Crippen MR) is 80.3 cm³/mol. The van der Waals surface area contributed by atoms with Crippen LogP contribution in [0.25, 0.3) is 0 Å². The van der Waals surface area contributed by atoms with Gasteiger partial charge in [0.25, 0.3) is 5.69 Å². The number of aliphatic hydroxyl groups excluding tert-OH is 1. The standard InChI is InChI=1S/C13H9NO3.C3H8O/c15-13(10-4-2-1-3-5-10)11-6-8-12(9-7-11)14(16)17;1-3(2)4/h1-9H;3-4H,1-2H3. The molecule has 5 heteroatoms. The van der Waals surface area contributed by atoms with Gasteiger partial charge in [-0.25, -0.2) is 0 Å². The summed E-state index contributed by atoms with van der Waals surface area (Å²) in [6, 6.07) is 14.4. The lowest BCUT2D eigenvalue weighted by molar-refractivity contribution is -0.384. The number of nitro groups is 1. The van der Waals surface area contributed by atoms with E-state index in [0.29, 0.717) is 11.1 Å². The van der Waals surface area contributed by atoms with Crippen LogP contribution in [0, 0.1) is 10.1 Å². The number of non-ortho nitro benzene ring substituents is 1. The van der Waals surface area contributed by atoms with Crippen LogP contribution in [0.4, 0.5) is 5.69 Å². The van der Waals surface area contributed by atoms with Gasteiger partial charge in [0.2, 0.25) is 0 Å². The minimum atomic E-state index is -0.489. The SMILES string of the molecule is CC(C)O.O=C(c1ccccc1)c1ccc([N+](=O)[O-])cc1. The zero-order valence-corrected chi connectivity index (χ0v) is 11.9. The molecule has 0 spiro atoms. The third kappa shape index (κ3) is 5.54. The quantitative estimate of drug-likeness (QED) is 0.534. The van der Waals surface area contributed by atoms with Crippen molar-refractivity contribution in [3.63, 3.8) is 0 Å². The van der Waals surface area contributed by atoms with Crippen LogP contribution in [-0.4, -0.2) is 21.9 Å². The third-order valence-corrected chi connectivity index (χ3v) is 2.38. The molecular weight excluding hydrogens is 270 g/mol. The number of ketones is 1. The molecule has 1 N–H and O–H groups in total. The molecule has 0 aliphatic heterocycles. The molecule has 2 aromatic carbocycles. The minimum Gasteiger partial charge on any atom is -0.394 e. The van der Waals surface area contributed by atoms with E-state index in [9.17, 15) is 14.9 Å². The summed E-state index contributed by atoms with van der Waals surface area (Å²) in [7, 11) is 0. The molecule has 21 heavy (non-hydrogen) atoms. The largest absolute Gasteiger partial charge is 0.394 e. The van der Waals surface area contributed by atoms with Crippen molar-refractivity contribution >= 4 is 11.5 Å². The maximum Gasteiger partial charge on any atom is 0.269 e. The molecule has 0 radical (unpaired) electrons. The van der Waals surface area contributed by atoms with Gasteiger partial charge in [0.05, 0.1) is 4.92 Å². The fourth-order valence-corrected chi connectivity index (χ4v) is 1.49. The fourth-order valence-electron chi connectivity index (χ4n) is 1.49. The molecule has 2 aromatic rings. The van der Waals surface area contributed by atoms with Crippen molar-refractivity contribution in [1.29, 1.82) is 0 Å². The Bertz CT molecular complexity index is 589. The average Bonchev–Trinajstić information content (AvgIpc) is 2.47. The Morgan fingerprint density at radius 3 is 1.86 bits per heavy atom. The van der Waals surface area contributed by atoms with Gasteiger partial charge in [-0.1, -0.05) is 30.3 Å². The molecule has 0 saturated carbocycles. The molecule has 0 bridgehead atoms. The van der Waals surface area contributed by atoms with Gasteiger partial charge in [0, 0.05) is 29.4 Å². The van der Waals surface area contributed by atoms with Crippen molar-refractivity contribution < 1.29 is 14.8 Å². The number of nitro benzene ring substituents is 1. The topological polar surface area (TPSA) is 80.4 Å². The highest BCUT2D eigenvalue weighted by Gasteiger charge is 2.10. The average molecular weight is 287 g/mol. The first-order valence-electron chi connectivity index (χ1n) is 6.44. The van der Waals surface area contributed by atoms with E-state index in [1.54, 1.807) is 38.1 Å². The second-order valence-corrected chi connectivity index (χ2v) is 4.59. The van der Waals surface area contributed by atoms with Crippen molar-refractivity contribution in [3.05, 3.63) is 75.8 Å². The van der Waals surface area contributed by atoms with Crippen LogP contribution in [0.15, 0.2) is 54.6 Å². The predicted octanol–water partition coefficient (Wildman–Crippen LogP) is 3.21. The zero-order valence-electron chi connectivity index (χ0n) is 11.9. The number of carbonyl (C=O) groups excluding carboxylic acids is 1. The third-order valence-electron chi connectivity index (χ3n) is 2.38. The highest BCUT2D eigenvalue weighted by atomic mass is 16.6. The number of carbonyl (C=O) groups is 1. The summed E-state index contributed by atoms with van der Waals surface area (Å²) in [5.74, 6) is -0.138. The van der Waals surface area contributed by atoms with Gasteiger partial charge in [0.1, 0.15) is 0 Å². The maximum atomic E-state index is 12.0. The number of nitrogens with zero attached hydrogens (tertiary/aromatic N) is 1. The van der Waals surface area contributed by atoms with Gasteiger partial charge in [0.15, 0.2) is 5.78 Å². The fraction of sp³-hybridized carbons (Fsp3) is 0.188. The maximum absolute atomic E-state index is 12.0. The number of benzene rings is 2. The Kier molecular flexibility index (Phi) is 6.23. The lowest BCUT2D eigenvalue weighted by Crippen LogP contribution is -2.00. The summed E-state index contributed by atoms with van der Waals surface area (Å²) < 4.78 is 0. The van der Waals surface area contributed by atoms with Crippen LogP contribution in [0.2, 0.25) is 0 Å². The van der Waals surface area contributed by atoms with E-state index in [-0.39, 0.29) is 17.6 Å². The number of hydrogen-bond donors (Lipinski definition) is 1. The Labute approximate surface area is 123 Å². The summed E-state index contributed by atoms with van der Waals surface area (Å²) in [6.45, 7) is 3.44. The normalized spacial score (nSPS) is 9.71. The number of rotatable bonds is 3. The van der Waals surface area contributed by atoms with Gasteiger partial charge in [-0.05, 0) is 26.0 Å². The van der Waals surface area contributed by atoms with Gasteiger partial charge in [-0.3, -0.25) is 14.9 Å². The minimum absolute atomic E-state index is 0.0189. The molecular formula is C16H17NO4. The molecule has 0 aliphatic carbocycles. The molecule has 0 heterocycles. The Balaban J connectivity index is 0.000000491. The number of hydrogen-bond acceptors (Lipinski definition) is 4. The van der Waals surface area contributed by atoms with Gasteiger partial charge >= 0.3 is 0 Å². The molecule has 0 saturated heterocycles. The summed E-state index contributed by atoms with van der Waals surface area (Å²) in [5.41, 5.74) is 0.998. The van der Waals surface area contributed by atoms with E-state index in [1.165, 1.54) is 24.3 Å². The van der Waals surface area contributed by atoms with Crippen molar-refractivity contribution in [1.82, 2.24) is 0 Å². The Morgan fingerprint density at radius 2 is 1.43 bits per heavy atom. The van der Waals surface area contributed by atoms with Crippen LogP contribution in [-0.2, 0) is 0 Å². The summed E-state index contributed by atoms with van der Waals surface area (Å²) >= 11 is 0. The van der Waals surface area contributed by atoms with E-state index in [2.05, 4.69) is 0 Å². The monoisotopic (exact) mass is 287 g/mol. The summed E-state index contributed by atoms with van der Waals surface area (Å²) in [6.07, 6.45) is -0.167. The molecule has 2 rings (SSSR count). The van der Waals surface area contributed by atoms with E-state index < -0.39 is 4.92 Å². The van der Waals surface area contributed by atoms with E-state index >= 15 is 0 Å². The highest BCUT2D eigenvalue weighted by Crippen LogP contribution is 2.15. The smallest absolute Gasteiger partial charge is 0.269 e. The highest BCUT2D eigenvalue weighted by molar-refractivity contribution is 6.09. The van der Waals surface area contributed by atoms with Crippen molar-refractivity contribution in [2.45, 2.75) is 20.0 Å². The van der Waals surface area contributed by atoms with Crippen LogP contribution in [0.5, 0.6) is 0 Å². The molecule has 5 nitrogen and oxygen atoms in total. The van der Waals surface area contributed by atoms with Gasteiger partial charge in [-0.15, -0.1) is 0 Å². The van der Waals surface area contributed by atoms with E-state index in [4.69, 9.17) is 5.11 Å². The second-order valence-electron chi connectivity index (χ2n) is 4.59. The van der Waals surface area contributed by atoms with Crippen molar-refractivity contribution in [2.24, 2.45) is 0 Å². The van der Waals surface area contributed by atoms with Crippen molar-refractivity contribution in [3.8, 4) is 0 Å². The Morgan fingerprint density at radius 1 is 1.00 bits per heavy atom. The summed E-state index contributed by atoms with van der Waals surface area (Å²) in [5, 5.41) is 18.5. The molecule has 0 aliphatic rings. The van der Waals surface area contributed by atoms with Gasteiger partial charge < -0.3 is 5.11 Å². The van der Waals surface area contributed by atoms with Crippen LogP contribution < -0.4 is 0 Å². The first kappa shape index (κ1) is 16.5. The lowest BCUT2D eigenvalue weighted by atomic mass is 10.0. The molecule has 0 amide bonds.